The number of rotatable bonds is 3. The molecule has 0 aliphatic carbocycles. The third kappa shape index (κ3) is 4.12. The molecular formula is C12H13BrClF3N2. The van der Waals surface area contributed by atoms with Crippen LogP contribution in [0.2, 0.25) is 0 Å². The van der Waals surface area contributed by atoms with E-state index in [0.29, 0.717) is 0 Å². The van der Waals surface area contributed by atoms with Gasteiger partial charge >= 0.3 is 6.18 Å². The van der Waals surface area contributed by atoms with Gasteiger partial charge in [-0.3, -0.25) is 0 Å². The summed E-state index contributed by atoms with van der Waals surface area (Å²) in [4.78, 5) is 3.01. The van der Waals surface area contributed by atoms with Crippen molar-refractivity contribution in [1.82, 2.24) is 4.98 Å². The maximum Gasteiger partial charge on any atom is 0.389 e. The van der Waals surface area contributed by atoms with Gasteiger partial charge in [-0.25, -0.2) is 0 Å². The highest BCUT2D eigenvalue weighted by atomic mass is 79.9. The molecule has 0 radical (unpaired) electrons. The molecule has 2 nitrogen and oxygen atoms in total. The number of aromatic amines is 1. The zero-order valence-electron chi connectivity index (χ0n) is 9.80. The van der Waals surface area contributed by atoms with E-state index in [1.54, 1.807) is 6.20 Å². The van der Waals surface area contributed by atoms with Crippen molar-refractivity contribution < 1.29 is 13.2 Å². The molecule has 2 rings (SSSR count). The molecule has 1 atom stereocenters. The van der Waals surface area contributed by atoms with Crippen LogP contribution in [0.4, 0.5) is 13.2 Å². The normalized spacial score (nSPS) is 13.3. The Bertz CT molecular complexity index is 553. The maximum absolute atomic E-state index is 12.2. The van der Waals surface area contributed by atoms with Gasteiger partial charge in [-0.05, 0) is 30.2 Å². The van der Waals surface area contributed by atoms with E-state index in [0.717, 1.165) is 20.9 Å². The highest BCUT2D eigenvalue weighted by Gasteiger charge is 2.28. The first-order chi connectivity index (χ1) is 8.37. The lowest BCUT2D eigenvalue weighted by Crippen LogP contribution is -2.15. The molecule has 1 aromatic heterocycles. The van der Waals surface area contributed by atoms with Crippen molar-refractivity contribution in [1.29, 1.82) is 0 Å². The van der Waals surface area contributed by atoms with Crippen LogP contribution in [0.1, 0.15) is 24.4 Å². The molecule has 0 spiro atoms. The summed E-state index contributed by atoms with van der Waals surface area (Å²) in [5.41, 5.74) is 7.42. The molecule has 0 fully saturated rings. The molecule has 0 saturated carbocycles. The summed E-state index contributed by atoms with van der Waals surface area (Å²) in [7, 11) is 0. The number of hydrogen-bond donors (Lipinski definition) is 2. The Morgan fingerprint density at radius 2 is 2.00 bits per heavy atom. The van der Waals surface area contributed by atoms with Crippen molar-refractivity contribution in [3.8, 4) is 0 Å². The van der Waals surface area contributed by atoms with Gasteiger partial charge in [0.1, 0.15) is 0 Å². The van der Waals surface area contributed by atoms with Gasteiger partial charge in [0.15, 0.2) is 0 Å². The number of nitrogens with two attached hydrogens (primary N) is 1. The average Bonchev–Trinajstić information content (AvgIpc) is 2.67. The third-order valence-electron chi connectivity index (χ3n) is 2.81. The number of fused-ring (bicyclic) bond motifs is 1. The quantitative estimate of drug-likeness (QED) is 0.822. The van der Waals surface area contributed by atoms with Crippen LogP contribution < -0.4 is 5.73 Å². The molecule has 3 N–H and O–H groups in total. The van der Waals surface area contributed by atoms with E-state index in [-0.39, 0.29) is 18.8 Å². The Labute approximate surface area is 123 Å². The van der Waals surface area contributed by atoms with E-state index in [2.05, 4.69) is 20.9 Å². The van der Waals surface area contributed by atoms with Crippen molar-refractivity contribution >= 4 is 39.2 Å². The number of alkyl halides is 3. The van der Waals surface area contributed by atoms with Crippen molar-refractivity contribution in [2.45, 2.75) is 25.1 Å². The van der Waals surface area contributed by atoms with Gasteiger partial charge in [0.25, 0.3) is 0 Å². The summed E-state index contributed by atoms with van der Waals surface area (Å²) in [5.74, 6) is 0. The van der Waals surface area contributed by atoms with Crippen LogP contribution >= 0.6 is 28.3 Å². The second-order valence-electron chi connectivity index (χ2n) is 4.19. The number of H-pyrrole nitrogens is 1. The van der Waals surface area contributed by atoms with E-state index in [1.165, 1.54) is 0 Å². The fraction of sp³-hybridized carbons (Fsp3) is 0.333. The second-order valence-corrected chi connectivity index (χ2v) is 5.11. The van der Waals surface area contributed by atoms with Gasteiger partial charge in [-0.2, -0.15) is 13.2 Å². The number of nitrogens with one attached hydrogen (secondary N) is 1. The van der Waals surface area contributed by atoms with Gasteiger partial charge in [0, 0.05) is 34.0 Å². The lowest BCUT2D eigenvalue weighted by molar-refractivity contribution is -0.136. The van der Waals surface area contributed by atoms with E-state index in [9.17, 15) is 13.2 Å². The first-order valence-corrected chi connectivity index (χ1v) is 6.25. The number of halogens is 5. The number of benzene rings is 1. The summed E-state index contributed by atoms with van der Waals surface area (Å²) in [6.07, 6.45) is -3.46. The Hall–Kier alpha value is -0.720. The largest absolute Gasteiger partial charge is 0.389 e. The van der Waals surface area contributed by atoms with Gasteiger partial charge < -0.3 is 10.7 Å². The fourth-order valence-electron chi connectivity index (χ4n) is 1.90. The minimum Gasteiger partial charge on any atom is -0.361 e. The Balaban J connectivity index is 0.00000180. The number of hydrogen-bond acceptors (Lipinski definition) is 1. The fourth-order valence-corrected chi connectivity index (χ4v) is 2.26. The Morgan fingerprint density at radius 3 is 2.63 bits per heavy atom. The Morgan fingerprint density at radius 1 is 1.32 bits per heavy atom. The van der Waals surface area contributed by atoms with E-state index in [4.69, 9.17) is 5.73 Å². The summed E-state index contributed by atoms with van der Waals surface area (Å²) in [6.45, 7) is 0. The van der Waals surface area contributed by atoms with Crippen LogP contribution in [0.3, 0.4) is 0 Å². The van der Waals surface area contributed by atoms with Crippen molar-refractivity contribution in [2.75, 3.05) is 0 Å². The van der Waals surface area contributed by atoms with Crippen molar-refractivity contribution in [3.05, 3.63) is 34.4 Å². The van der Waals surface area contributed by atoms with Crippen LogP contribution in [-0.4, -0.2) is 11.2 Å². The molecule has 1 aromatic carbocycles. The molecule has 106 valence electrons. The molecule has 0 aliphatic rings. The third-order valence-corrected chi connectivity index (χ3v) is 3.31. The zero-order chi connectivity index (χ0) is 13.3. The molecule has 2 aromatic rings. The monoisotopic (exact) mass is 356 g/mol. The van der Waals surface area contributed by atoms with Crippen molar-refractivity contribution in [2.24, 2.45) is 5.73 Å². The van der Waals surface area contributed by atoms with Gasteiger partial charge in [0.05, 0.1) is 0 Å². The van der Waals surface area contributed by atoms with E-state index >= 15 is 0 Å². The SMILES string of the molecule is Cl.N[C@H](CCC(F)(F)F)c1c[nH]c2ccc(Br)cc12. The average molecular weight is 358 g/mol. The van der Waals surface area contributed by atoms with Crippen LogP contribution in [0, 0.1) is 0 Å². The van der Waals surface area contributed by atoms with Crippen molar-refractivity contribution in [3.63, 3.8) is 0 Å². The van der Waals surface area contributed by atoms with E-state index in [1.807, 2.05) is 18.2 Å². The van der Waals surface area contributed by atoms with Crippen LogP contribution in [0.5, 0.6) is 0 Å². The van der Waals surface area contributed by atoms with Gasteiger partial charge in [-0.1, -0.05) is 15.9 Å². The predicted octanol–water partition coefficient (Wildman–Crippen LogP) is 4.69. The second kappa shape index (κ2) is 6.15. The topological polar surface area (TPSA) is 41.8 Å². The van der Waals surface area contributed by atoms with Crippen LogP contribution in [0.25, 0.3) is 10.9 Å². The standard InChI is InChI=1S/C12H12BrF3N2.ClH/c13-7-1-2-11-8(5-7)9(6-18-11)10(17)3-4-12(14,15)16;/h1-2,5-6,10,18H,3-4,17H2;1H/t10-;/m1./s1. The highest BCUT2D eigenvalue weighted by Crippen LogP contribution is 2.31. The molecule has 0 saturated heterocycles. The minimum absolute atomic E-state index is 0. The highest BCUT2D eigenvalue weighted by molar-refractivity contribution is 9.10. The lowest BCUT2D eigenvalue weighted by Gasteiger charge is -2.12. The summed E-state index contributed by atoms with van der Waals surface area (Å²) in [6, 6.07) is 4.97. The molecule has 7 heteroatoms. The zero-order valence-corrected chi connectivity index (χ0v) is 12.2. The lowest BCUT2D eigenvalue weighted by atomic mass is 10.0. The molecule has 0 unspecified atom stereocenters. The molecule has 19 heavy (non-hydrogen) atoms. The first kappa shape index (κ1) is 16.3. The molecular weight excluding hydrogens is 344 g/mol. The summed E-state index contributed by atoms with van der Waals surface area (Å²) >= 11 is 3.34. The number of aromatic nitrogens is 1. The van der Waals surface area contributed by atoms with Crippen LogP contribution in [-0.2, 0) is 0 Å². The maximum atomic E-state index is 12.2. The van der Waals surface area contributed by atoms with E-state index < -0.39 is 18.6 Å². The minimum atomic E-state index is -4.16. The Kier molecular flexibility index (Phi) is 5.29. The van der Waals surface area contributed by atoms with Crippen LogP contribution in [0.15, 0.2) is 28.9 Å². The van der Waals surface area contributed by atoms with Gasteiger partial charge in [-0.15, -0.1) is 12.4 Å². The summed E-state index contributed by atoms with van der Waals surface area (Å²) in [5, 5.41) is 0.860. The van der Waals surface area contributed by atoms with Gasteiger partial charge in [0.2, 0.25) is 0 Å². The predicted molar refractivity (Wildman–Crippen MR) is 75.5 cm³/mol. The first-order valence-electron chi connectivity index (χ1n) is 5.46. The molecule has 0 amide bonds. The molecule has 0 aliphatic heterocycles. The summed E-state index contributed by atoms with van der Waals surface area (Å²) < 4.78 is 37.4. The molecule has 1 heterocycles. The molecule has 0 bridgehead atoms. The smallest absolute Gasteiger partial charge is 0.361 e.